The molecular weight excluding hydrogens is 521 g/mol. The van der Waals surface area contributed by atoms with Crippen molar-refractivity contribution in [3.63, 3.8) is 0 Å². The van der Waals surface area contributed by atoms with Crippen LogP contribution in [0.3, 0.4) is 0 Å². The third kappa shape index (κ3) is 7.74. The SMILES string of the molecule is O=C1C=C(NCCCCCCCCC[P+](C2CCCCC2)(C2CCCCC2)C2CCCCC2)C(=O)c2ccccc21. The zero-order valence-electron chi connectivity index (χ0n) is 25.9. The highest BCUT2D eigenvalue weighted by Gasteiger charge is 2.56. The number of nitrogens with one attached hydrogen (secondary N) is 1. The molecule has 4 heteroatoms. The Bertz CT molecular complexity index is 968. The maximum Gasteiger partial charge on any atom is 0.209 e. The minimum absolute atomic E-state index is 0.0474. The molecule has 0 saturated heterocycles. The summed E-state index contributed by atoms with van der Waals surface area (Å²) < 4.78 is 0. The average molecular weight is 579 g/mol. The van der Waals surface area contributed by atoms with Gasteiger partial charge in [-0.25, -0.2) is 0 Å². The minimum Gasteiger partial charge on any atom is -0.382 e. The zero-order chi connectivity index (χ0) is 28.3. The van der Waals surface area contributed by atoms with Crippen molar-refractivity contribution in [2.24, 2.45) is 0 Å². The van der Waals surface area contributed by atoms with Gasteiger partial charge in [0.2, 0.25) is 5.78 Å². The summed E-state index contributed by atoms with van der Waals surface area (Å²) in [4.78, 5) is 25.1. The maximum atomic E-state index is 12.7. The number of fused-ring (bicyclic) bond motifs is 1. The van der Waals surface area contributed by atoms with Gasteiger partial charge in [0.15, 0.2) is 5.78 Å². The fourth-order valence-electron chi connectivity index (χ4n) is 9.19. The highest BCUT2D eigenvalue weighted by Crippen LogP contribution is 2.77. The van der Waals surface area contributed by atoms with Crippen LogP contribution in [0.25, 0.3) is 0 Å². The van der Waals surface area contributed by atoms with E-state index in [0.717, 1.165) is 29.9 Å². The van der Waals surface area contributed by atoms with Crippen LogP contribution in [0.2, 0.25) is 0 Å². The van der Waals surface area contributed by atoms with Gasteiger partial charge in [0.25, 0.3) is 0 Å². The Morgan fingerprint density at radius 3 is 1.59 bits per heavy atom. The fraction of sp³-hybridized carbons (Fsp3) is 0.730. The Balaban J connectivity index is 1.04. The summed E-state index contributed by atoms with van der Waals surface area (Å²) >= 11 is 0. The molecule has 0 aliphatic heterocycles. The number of Topliss-reactive ketones (excluding diaryl/α,β-unsaturated/α-hetero) is 1. The molecule has 1 aromatic rings. The highest BCUT2D eigenvalue weighted by atomic mass is 31.2. The standard InChI is InChI=1S/C37H56NO2P/c39-36-29-35(37(40)34-26-16-15-25-33(34)36)38-27-17-4-2-1-3-5-18-28-41(30-19-9-6-10-20-30,31-21-11-7-12-22-31)32-23-13-8-14-24-32/h15-16,25-26,29-32H,1-14,17-24,27-28H2/p+1. The Morgan fingerprint density at radius 1 is 0.585 bits per heavy atom. The van der Waals surface area contributed by atoms with E-state index in [0.29, 0.717) is 16.8 Å². The van der Waals surface area contributed by atoms with Crippen LogP contribution in [0.5, 0.6) is 0 Å². The molecule has 0 heterocycles. The molecule has 3 fully saturated rings. The summed E-state index contributed by atoms with van der Waals surface area (Å²) in [6.07, 6.45) is 35.5. The molecule has 4 aliphatic carbocycles. The second kappa shape index (κ2) is 15.8. The van der Waals surface area contributed by atoms with Crippen molar-refractivity contribution in [1.29, 1.82) is 0 Å². The number of carbonyl (C=O) groups excluding carboxylic acids is 2. The summed E-state index contributed by atoms with van der Waals surface area (Å²) in [6.45, 7) is 0.768. The summed E-state index contributed by atoms with van der Waals surface area (Å²) in [5, 5.41) is 3.26. The molecule has 4 aliphatic rings. The van der Waals surface area contributed by atoms with E-state index in [9.17, 15) is 9.59 Å². The van der Waals surface area contributed by atoms with E-state index in [4.69, 9.17) is 0 Å². The molecule has 0 amide bonds. The first-order chi connectivity index (χ1) is 20.2. The van der Waals surface area contributed by atoms with E-state index in [1.165, 1.54) is 102 Å². The van der Waals surface area contributed by atoms with Crippen LogP contribution in [0.4, 0.5) is 0 Å². The fourth-order valence-corrected chi connectivity index (χ4v) is 16.8. The smallest absolute Gasteiger partial charge is 0.209 e. The van der Waals surface area contributed by atoms with Crippen molar-refractivity contribution >= 4 is 18.8 Å². The van der Waals surface area contributed by atoms with Gasteiger partial charge in [-0.3, -0.25) is 9.59 Å². The molecule has 0 radical (unpaired) electrons. The van der Waals surface area contributed by atoms with E-state index >= 15 is 0 Å². The number of hydrogen-bond donors (Lipinski definition) is 1. The lowest BCUT2D eigenvalue weighted by molar-refractivity contribution is 0.0978. The molecular formula is C37H57NO2P+. The van der Waals surface area contributed by atoms with Crippen LogP contribution >= 0.6 is 7.26 Å². The highest BCUT2D eigenvalue weighted by molar-refractivity contribution is 7.77. The first-order valence-corrected chi connectivity index (χ1v) is 19.9. The first kappa shape index (κ1) is 31.0. The second-order valence-electron chi connectivity index (χ2n) is 13.8. The lowest BCUT2D eigenvalue weighted by Crippen LogP contribution is -2.37. The quantitative estimate of drug-likeness (QED) is 0.176. The molecule has 0 atom stereocenters. The predicted octanol–water partition coefficient (Wildman–Crippen LogP) is 10.3. The van der Waals surface area contributed by atoms with E-state index in [2.05, 4.69) is 5.32 Å². The van der Waals surface area contributed by atoms with E-state index in [1.54, 1.807) is 56.8 Å². The number of unbranched alkanes of at least 4 members (excludes halogenated alkanes) is 6. The molecule has 1 aromatic carbocycles. The van der Waals surface area contributed by atoms with Crippen LogP contribution in [0, 0.1) is 0 Å². The maximum absolute atomic E-state index is 12.7. The number of hydrogen-bond acceptors (Lipinski definition) is 3. The Hall–Kier alpha value is -1.47. The summed E-state index contributed by atoms with van der Waals surface area (Å²) in [6, 6.07) is 7.15. The van der Waals surface area contributed by atoms with Gasteiger partial charge in [-0.2, -0.15) is 0 Å². The molecule has 226 valence electrons. The van der Waals surface area contributed by atoms with E-state index < -0.39 is 7.26 Å². The van der Waals surface area contributed by atoms with Gasteiger partial charge in [-0.15, -0.1) is 0 Å². The van der Waals surface area contributed by atoms with Gasteiger partial charge in [0, 0.05) is 31.0 Å². The van der Waals surface area contributed by atoms with Crippen LogP contribution < -0.4 is 5.32 Å². The minimum atomic E-state index is -0.901. The molecule has 0 aromatic heterocycles. The molecule has 0 spiro atoms. The third-order valence-corrected chi connectivity index (χ3v) is 18.0. The topological polar surface area (TPSA) is 46.2 Å². The molecule has 3 nitrogen and oxygen atoms in total. The second-order valence-corrected chi connectivity index (χ2v) is 18.4. The molecule has 0 unspecified atom stereocenters. The predicted molar refractivity (Wildman–Crippen MR) is 176 cm³/mol. The van der Waals surface area contributed by atoms with Crippen molar-refractivity contribution in [1.82, 2.24) is 5.32 Å². The molecule has 5 rings (SSSR count). The monoisotopic (exact) mass is 578 g/mol. The summed E-state index contributed by atoms with van der Waals surface area (Å²) in [7, 11) is -0.901. The van der Waals surface area contributed by atoms with Gasteiger partial charge in [0.1, 0.15) is 0 Å². The van der Waals surface area contributed by atoms with Crippen LogP contribution in [0.1, 0.15) is 162 Å². The van der Waals surface area contributed by atoms with Crippen LogP contribution in [0.15, 0.2) is 36.0 Å². The first-order valence-electron chi connectivity index (χ1n) is 17.7. The van der Waals surface area contributed by atoms with Crippen molar-refractivity contribution in [2.45, 2.75) is 158 Å². The average Bonchev–Trinajstić information content (AvgIpc) is 3.03. The number of benzene rings is 1. The third-order valence-electron chi connectivity index (χ3n) is 11.3. The van der Waals surface area contributed by atoms with Crippen molar-refractivity contribution in [2.75, 3.05) is 12.7 Å². The Labute approximate surface area is 251 Å². The number of ketones is 2. The van der Waals surface area contributed by atoms with Crippen molar-refractivity contribution in [3.05, 3.63) is 47.2 Å². The van der Waals surface area contributed by atoms with Crippen molar-refractivity contribution in [3.8, 4) is 0 Å². The molecule has 0 bridgehead atoms. The number of allylic oxidation sites excluding steroid dienone is 2. The van der Waals surface area contributed by atoms with Crippen LogP contribution in [-0.4, -0.2) is 41.3 Å². The van der Waals surface area contributed by atoms with E-state index in [-0.39, 0.29) is 11.6 Å². The van der Waals surface area contributed by atoms with E-state index in [1.807, 2.05) is 12.1 Å². The van der Waals surface area contributed by atoms with Gasteiger partial charge >= 0.3 is 0 Å². The lowest BCUT2D eigenvalue weighted by Gasteiger charge is -2.49. The molecule has 3 saturated carbocycles. The Kier molecular flexibility index (Phi) is 12.0. The lowest BCUT2D eigenvalue weighted by atomic mass is 9.93. The number of rotatable bonds is 14. The van der Waals surface area contributed by atoms with Crippen molar-refractivity contribution < 1.29 is 9.59 Å². The summed E-state index contributed by atoms with van der Waals surface area (Å²) in [5.74, 6) is -0.113. The Morgan fingerprint density at radius 2 is 1.05 bits per heavy atom. The molecule has 41 heavy (non-hydrogen) atoms. The van der Waals surface area contributed by atoms with Crippen LogP contribution in [-0.2, 0) is 0 Å². The zero-order valence-corrected chi connectivity index (χ0v) is 26.7. The number of carbonyl (C=O) groups is 2. The van der Waals surface area contributed by atoms with Gasteiger partial charge < -0.3 is 5.32 Å². The van der Waals surface area contributed by atoms with Gasteiger partial charge in [-0.1, -0.05) is 69.2 Å². The van der Waals surface area contributed by atoms with Gasteiger partial charge in [0.05, 0.1) is 28.8 Å². The molecule has 1 N–H and O–H groups in total. The normalized spacial score (nSPS) is 21.5. The van der Waals surface area contributed by atoms with Gasteiger partial charge in [-0.05, 0) is 96.3 Å². The largest absolute Gasteiger partial charge is 0.382 e. The summed E-state index contributed by atoms with van der Waals surface area (Å²) in [5.41, 5.74) is 4.91.